The molecule has 1 aliphatic rings. The van der Waals surface area contributed by atoms with E-state index in [1.807, 2.05) is 43.3 Å². The first-order valence-electron chi connectivity index (χ1n) is 12.3. The molecule has 5 rings (SSSR count). The van der Waals surface area contributed by atoms with E-state index >= 15 is 0 Å². The van der Waals surface area contributed by atoms with Crippen LogP contribution in [0.4, 0.5) is 5.69 Å². The molecule has 1 unspecified atom stereocenters. The van der Waals surface area contributed by atoms with Gasteiger partial charge in [-0.05, 0) is 59.0 Å². The highest BCUT2D eigenvalue weighted by Gasteiger charge is 2.21. The Kier molecular flexibility index (Phi) is 7.94. The summed E-state index contributed by atoms with van der Waals surface area (Å²) in [6, 6.07) is 16.4. The molecule has 9 heteroatoms. The number of benzene rings is 3. The van der Waals surface area contributed by atoms with Crippen molar-refractivity contribution in [3.63, 3.8) is 0 Å². The molecule has 0 bridgehead atoms. The van der Waals surface area contributed by atoms with Crippen molar-refractivity contribution < 1.29 is 28.5 Å². The van der Waals surface area contributed by atoms with Crippen molar-refractivity contribution in [2.45, 2.75) is 26.2 Å². The Morgan fingerprint density at radius 2 is 1.80 bits per heavy atom. The average Bonchev–Trinajstić information content (AvgIpc) is 2.99. The van der Waals surface area contributed by atoms with E-state index in [0.717, 1.165) is 28.5 Å². The van der Waals surface area contributed by atoms with Crippen LogP contribution in [0.5, 0.6) is 23.0 Å². The zero-order chi connectivity index (χ0) is 28.1. The Morgan fingerprint density at radius 1 is 1.00 bits per heavy atom. The Bertz CT molecular complexity index is 1630. The van der Waals surface area contributed by atoms with E-state index in [0.29, 0.717) is 40.5 Å². The van der Waals surface area contributed by atoms with Gasteiger partial charge in [0.2, 0.25) is 5.69 Å². The molecule has 0 saturated heterocycles. The molecule has 0 fully saturated rings. The van der Waals surface area contributed by atoms with Crippen LogP contribution >= 0.6 is 11.6 Å². The van der Waals surface area contributed by atoms with Crippen LogP contribution in [0.25, 0.3) is 16.0 Å². The first kappa shape index (κ1) is 26.7. The minimum Gasteiger partial charge on any atom is -0.488 e. The summed E-state index contributed by atoms with van der Waals surface area (Å²) >= 11 is 6.40. The van der Waals surface area contributed by atoms with Gasteiger partial charge in [0.1, 0.15) is 31.3 Å². The van der Waals surface area contributed by atoms with Crippen LogP contribution in [0, 0.1) is 13.5 Å². The van der Waals surface area contributed by atoms with Gasteiger partial charge >= 0.3 is 0 Å². The maximum absolute atomic E-state index is 11.6. The van der Waals surface area contributed by atoms with E-state index in [1.54, 1.807) is 18.3 Å². The first-order valence-corrected chi connectivity index (χ1v) is 12.7. The molecule has 0 aliphatic carbocycles. The number of carbonyl (C=O) groups is 2. The molecule has 4 aromatic rings. The maximum Gasteiger partial charge on any atom is 0.205 e. The van der Waals surface area contributed by atoms with Crippen LogP contribution in [-0.4, -0.2) is 30.3 Å². The lowest BCUT2D eigenvalue weighted by Gasteiger charge is -2.23. The third-order valence-corrected chi connectivity index (χ3v) is 6.63. The lowest BCUT2D eigenvalue weighted by Crippen LogP contribution is -2.30. The molecule has 40 heavy (non-hydrogen) atoms. The van der Waals surface area contributed by atoms with Crippen molar-refractivity contribution >= 4 is 29.9 Å². The van der Waals surface area contributed by atoms with Gasteiger partial charge in [0.25, 0.3) is 0 Å². The van der Waals surface area contributed by atoms with Gasteiger partial charge in [0, 0.05) is 18.5 Å². The van der Waals surface area contributed by atoms with Gasteiger partial charge in [-0.2, -0.15) is 0 Å². The van der Waals surface area contributed by atoms with Crippen molar-refractivity contribution in [1.82, 2.24) is 4.98 Å². The fourth-order valence-electron chi connectivity index (χ4n) is 4.18. The Labute approximate surface area is 235 Å². The second-order valence-corrected chi connectivity index (χ2v) is 9.49. The minimum absolute atomic E-state index is 0.120. The van der Waals surface area contributed by atoms with E-state index in [2.05, 4.69) is 9.83 Å². The van der Waals surface area contributed by atoms with Crippen LogP contribution in [-0.2, 0) is 18.0 Å². The summed E-state index contributed by atoms with van der Waals surface area (Å²) in [6.07, 6.45) is 3.85. The molecule has 8 nitrogen and oxygen atoms in total. The molecule has 3 aromatic carbocycles. The number of nitrogens with zero attached hydrogens (tertiary/aromatic N) is 2. The highest BCUT2D eigenvalue weighted by molar-refractivity contribution is 6.32. The fraction of sp³-hybridized carbons (Fsp3) is 0.161. The van der Waals surface area contributed by atoms with Crippen molar-refractivity contribution in [2.24, 2.45) is 0 Å². The number of hydrogen-bond acceptors (Lipinski definition) is 7. The smallest absolute Gasteiger partial charge is 0.205 e. The zero-order valence-corrected chi connectivity index (χ0v) is 22.2. The van der Waals surface area contributed by atoms with Crippen molar-refractivity contribution in [3.8, 4) is 34.1 Å². The van der Waals surface area contributed by atoms with Gasteiger partial charge in [-0.25, -0.2) is 4.85 Å². The summed E-state index contributed by atoms with van der Waals surface area (Å²) in [6.45, 7) is 9.68. The molecule has 0 radical (unpaired) electrons. The highest BCUT2D eigenvalue weighted by atomic mass is 35.5. The van der Waals surface area contributed by atoms with Gasteiger partial charge in [0.15, 0.2) is 30.2 Å². The summed E-state index contributed by atoms with van der Waals surface area (Å²) in [5.41, 5.74) is 5.23. The van der Waals surface area contributed by atoms with Gasteiger partial charge in [0.05, 0.1) is 17.2 Å². The Hall–Kier alpha value is -4.87. The highest BCUT2D eigenvalue weighted by Crippen LogP contribution is 2.37. The number of rotatable bonds is 9. The van der Waals surface area contributed by atoms with E-state index in [9.17, 15) is 9.59 Å². The SMILES string of the molecule is [C-]#[N+]c1cncc(COc2cc(OCc3ccc(-c4ccc5c(c4)OC(C=O)CO5)cc3C)c(Cl)cc2C=O)c1. The lowest BCUT2D eigenvalue weighted by molar-refractivity contribution is -0.115. The summed E-state index contributed by atoms with van der Waals surface area (Å²) in [5.74, 6) is 1.83. The van der Waals surface area contributed by atoms with Crippen molar-refractivity contribution in [3.05, 3.63) is 106 Å². The average molecular weight is 555 g/mol. The molecule has 200 valence electrons. The van der Waals surface area contributed by atoms with Crippen LogP contribution in [0.3, 0.4) is 0 Å². The van der Waals surface area contributed by atoms with Crippen LogP contribution < -0.4 is 18.9 Å². The third-order valence-electron chi connectivity index (χ3n) is 6.33. The Balaban J connectivity index is 1.30. The van der Waals surface area contributed by atoms with E-state index in [1.165, 1.54) is 12.3 Å². The fourth-order valence-corrected chi connectivity index (χ4v) is 4.41. The number of ether oxygens (including phenoxy) is 4. The summed E-state index contributed by atoms with van der Waals surface area (Å²) in [7, 11) is 0. The van der Waals surface area contributed by atoms with E-state index in [4.69, 9.17) is 37.1 Å². The van der Waals surface area contributed by atoms with Gasteiger partial charge in [-0.1, -0.05) is 35.9 Å². The lowest BCUT2D eigenvalue weighted by atomic mass is 9.99. The van der Waals surface area contributed by atoms with Crippen LogP contribution in [0.15, 0.2) is 67.0 Å². The molecule has 1 aliphatic heterocycles. The van der Waals surface area contributed by atoms with Crippen LogP contribution in [0.2, 0.25) is 5.02 Å². The third kappa shape index (κ3) is 5.90. The molecule has 2 heterocycles. The van der Waals surface area contributed by atoms with Gasteiger partial charge in [-0.15, -0.1) is 0 Å². The number of aryl methyl sites for hydroxylation is 1. The molecular formula is C31H23ClN2O6. The minimum atomic E-state index is -0.616. The maximum atomic E-state index is 11.6. The molecular weight excluding hydrogens is 532 g/mol. The number of hydrogen-bond donors (Lipinski definition) is 0. The molecule has 1 atom stereocenters. The molecule has 0 N–H and O–H groups in total. The van der Waals surface area contributed by atoms with Crippen molar-refractivity contribution in [2.75, 3.05) is 6.61 Å². The first-order chi connectivity index (χ1) is 19.5. The molecule has 1 aromatic heterocycles. The molecule has 0 spiro atoms. The number of aromatic nitrogens is 1. The normalized spacial score (nSPS) is 13.7. The Morgan fingerprint density at radius 3 is 2.58 bits per heavy atom. The zero-order valence-electron chi connectivity index (χ0n) is 21.4. The van der Waals surface area contributed by atoms with E-state index < -0.39 is 6.10 Å². The van der Waals surface area contributed by atoms with E-state index in [-0.39, 0.29) is 30.4 Å². The summed E-state index contributed by atoms with van der Waals surface area (Å²) < 4.78 is 23.2. The summed E-state index contributed by atoms with van der Waals surface area (Å²) in [5, 5.41) is 0.283. The predicted molar refractivity (Wildman–Crippen MR) is 149 cm³/mol. The number of carbonyl (C=O) groups excluding carboxylic acids is 2. The predicted octanol–water partition coefficient (Wildman–Crippen LogP) is 6.57. The summed E-state index contributed by atoms with van der Waals surface area (Å²) in [4.78, 5) is 30.1. The standard InChI is InChI=1S/C31H23ClN2O6/c1-19-7-21(22-5-6-28-31(10-22)40-26(15-36)18-39-28)3-4-23(19)17-38-30-11-29(24(14-35)9-27(30)32)37-16-20-8-25(33-2)13-34-12-20/h3-15,26H,16-18H2,1H3. The van der Waals surface area contributed by atoms with Gasteiger partial charge < -0.3 is 18.9 Å². The number of fused-ring (bicyclic) bond motifs is 1. The topological polar surface area (TPSA) is 88.3 Å². The molecule has 0 amide bonds. The van der Waals surface area contributed by atoms with Crippen molar-refractivity contribution in [1.29, 1.82) is 0 Å². The number of halogens is 1. The van der Waals surface area contributed by atoms with Crippen LogP contribution in [0.1, 0.15) is 27.0 Å². The largest absolute Gasteiger partial charge is 0.488 e. The number of aldehydes is 2. The second-order valence-electron chi connectivity index (χ2n) is 9.09. The number of pyridine rings is 1. The monoisotopic (exact) mass is 554 g/mol. The quantitative estimate of drug-likeness (QED) is 0.171. The second kappa shape index (κ2) is 11.9. The molecule has 0 saturated carbocycles. The van der Waals surface area contributed by atoms with Gasteiger partial charge in [-0.3, -0.25) is 14.6 Å².